The summed E-state index contributed by atoms with van der Waals surface area (Å²) in [5.41, 5.74) is 4.91. The van der Waals surface area contributed by atoms with Crippen molar-refractivity contribution in [2.45, 2.75) is 59.8 Å². The maximum Gasteiger partial charge on any atom is 0.271 e. The van der Waals surface area contributed by atoms with Gasteiger partial charge in [-0.05, 0) is 74.2 Å². The molecule has 7 heteroatoms. The standard InChI is InChI=1S/C33H36N4O3/c1-5-7-12-17-36-32(38)29(24(4)30(21-34)33(36)39)20-25-22-37(26-13-10-9-11-14-26)35-31(25)28-16-15-27(19-23(28)3)40-18-8-6-2/h9-11,13-16,19-20,22H,5-8,12,17-18H2,1-4H3/b29-20+. The number of carbonyl (C=O) groups is 2. The molecule has 1 aromatic heterocycles. The van der Waals surface area contributed by atoms with Crippen LogP contribution < -0.4 is 4.74 Å². The van der Waals surface area contributed by atoms with Crippen LogP contribution in [-0.2, 0) is 9.59 Å². The van der Waals surface area contributed by atoms with E-state index < -0.39 is 5.91 Å². The van der Waals surface area contributed by atoms with Crippen LogP contribution in [-0.4, -0.2) is 39.6 Å². The minimum atomic E-state index is -0.520. The molecular formula is C33H36N4O3. The van der Waals surface area contributed by atoms with Crippen LogP contribution in [0, 0.1) is 18.3 Å². The summed E-state index contributed by atoms with van der Waals surface area (Å²) in [6.45, 7) is 8.82. The summed E-state index contributed by atoms with van der Waals surface area (Å²) in [4.78, 5) is 27.8. The number of rotatable bonds is 11. The van der Waals surface area contributed by atoms with Crippen molar-refractivity contribution in [2.75, 3.05) is 13.2 Å². The molecular weight excluding hydrogens is 500 g/mol. The van der Waals surface area contributed by atoms with Gasteiger partial charge in [0.2, 0.25) is 0 Å². The Hall–Kier alpha value is -4.44. The SMILES string of the molecule is CCCCCN1C(=O)C(C#N)=C(C)/C(=C\c2cn(-c3ccccc3)nc2-c2ccc(OCCCC)cc2C)C1=O. The summed E-state index contributed by atoms with van der Waals surface area (Å²) in [6.07, 6.45) is 8.25. The molecule has 0 atom stereocenters. The number of para-hydroxylation sites is 1. The molecule has 0 radical (unpaired) electrons. The predicted octanol–water partition coefficient (Wildman–Crippen LogP) is 6.81. The van der Waals surface area contributed by atoms with E-state index in [1.165, 1.54) is 4.90 Å². The van der Waals surface area contributed by atoms with Crippen LogP contribution in [0.15, 0.2) is 71.4 Å². The van der Waals surface area contributed by atoms with Gasteiger partial charge < -0.3 is 4.74 Å². The van der Waals surface area contributed by atoms with Gasteiger partial charge in [0.25, 0.3) is 11.8 Å². The summed E-state index contributed by atoms with van der Waals surface area (Å²) in [5.74, 6) is -0.0985. The smallest absolute Gasteiger partial charge is 0.271 e. The van der Waals surface area contributed by atoms with E-state index in [0.29, 0.717) is 29.9 Å². The van der Waals surface area contributed by atoms with Gasteiger partial charge in [-0.2, -0.15) is 10.4 Å². The lowest BCUT2D eigenvalue weighted by atomic mass is 9.92. The maximum atomic E-state index is 13.6. The minimum Gasteiger partial charge on any atom is -0.494 e. The summed E-state index contributed by atoms with van der Waals surface area (Å²) in [6, 6.07) is 17.7. The Morgan fingerprint density at radius 2 is 1.73 bits per heavy atom. The minimum absolute atomic E-state index is 0.00381. The number of nitrogens with zero attached hydrogens (tertiary/aromatic N) is 4. The van der Waals surface area contributed by atoms with Gasteiger partial charge in [-0.15, -0.1) is 0 Å². The predicted molar refractivity (Wildman–Crippen MR) is 157 cm³/mol. The van der Waals surface area contributed by atoms with E-state index in [1.54, 1.807) is 17.7 Å². The number of imide groups is 1. The third-order valence-corrected chi connectivity index (χ3v) is 7.09. The molecule has 0 spiro atoms. The molecule has 4 rings (SSSR count). The van der Waals surface area contributed by atoms with Crippen LogP contribution in [0.1, 0.15) is 64.0 Å². The van der Waals surface area contributed by atoms with E-state index in [9.17, 15) is 14.9 Å². The van der Waals surface area contributed by atoms with Crippen LogP contribution in [0.5, 0.6) is 5.75 Å². The molecule has 1 aliphatic heterocycles. The highest BCUT2D eigenvalue weighted by Crippen LogP contribution is 2.33. The Balaban J connectivity index is 1.83. The Bertz CT molecular complexity index is 1490. The molecule has 0 unspecified atom stereocenters. The van der Waals surface area contributed by atoms with Gasteiger partial charge in [0.1, 0.15) is 23.1 Å². The second-order valence-electron chi connectivity index (χ2n) is 10.0. The summed E-state index contributed by atoms with van der Waals surface area (Å²) < 4.78 is 7.69. The highest BCUT2D eigenvalue weighted by atomic mass is 16.5. The van der Waals surface area contributed by atoms with E-state index in [-0.39, 0.29) is 18.0 Å². The van der Waals surface area contributed by atoms with Crippen molar-refractivity contribution < 1.29 is 14.3 Å². The summed E-state index contributed by atoms with van der Waals surface area (Å²) in [5, 5.41) is 14.7. The van der Waals surface area contributed by atoms with E-state index in [2.05, 4.69) is 13.8 Å². The number of aryl methyl sites for hydroxylation is 1. The Kier molecular flexibility index (Phi) is 9.34. The first kappa shape index (κ1) is 28.6. The van der Waals surface area contributed by atoms with Gasteiger partial charge in [0, 0.05) is 29.4 Å². The van der Waals surface area contributed by atoms with Crippen molar-refractivity contribution in [3.8, 4) is 28.8 Å². The molecule has 2 amide bonds. The average molecular weight is 537 g/mol. The van der Waals surface area contributed by atoms with E-state index in [4.69, 9.17) is 9.84 Å². The monoisotopic (exact) mass is 536 g/mol. The lowest BCUT2D eigenvalue weighted by Gasteiger charge is -2.27. The highest BCUT2D eigenvalue weighted by Gasteiger charge is 2.35. The number of nitriles is 1. The number of ether oxygens (including phenoxy) is 1. The average Bonchev–Trinajstić information content (AvgIpc) is 3.37. The molecule has 0 N–H and O–H groups in total. The number of carbonyl (C=O) groups excluding carboxylic acids is 2. The van der Waals surface area contributed by atoms with Crippen molar-refractivity contribution in [2.24, 2.45) is 0 Å². The molecule has 2 heterocycles. The molecule has 0 saturated heterocycles. The Labute approximate surface area is 236 Å². The summed E-state index contributed by atoms with van der Waals surface area (Å²) in [7, 11) is 0. The van der Waals surface area contributed by atoms with Crippen molar-refractivity contribution in [3.05, 3.63) is 82.6 Å². The van der Waals surface area contributed by atoms with E-state index in [1.807, 2.05) is 67.7 Å². The van der Waals surface area contributed by atoms with Gasteiger partial charge >= 0.3 is 0 Å². The van der Waals surface area contributed by atoms with Crippen molar-refractivity contribution >= 4 is 17.9 Å². The number of unbranched alkanes of at least 4 members (excludes halogenated alkanes) is 3. The molecule has 206 valence electrons. The van der Waals surface area contributed by atoms with Gasteiger partial charge in [-0.3, -0.25) is 14.5 Å². The fourth-order valence-electron chi connectivity index (χ4n) is 4.75. The van der Waals surface area contributed by atoms with Crippen LogP contribution in [0.2, 0.25) is 0 Å². The largest absolute Gasteiger partial charge is 0.494 e. The number of hydrogen-bond acceptors (Lipinski definition) is 5. The Morgan fingerprint density at radius 3 is 2.40 bits per heavy atom. The molecule has 2 aromatic carbocycles. The van der Waals surface area contributed by atoms with E-state index >= 15 is 0 Å². The van der Waals surface area contributed by atoms with Gasteiger partial charge in [0.15, 0.2) is 0 Å². The van der Waals surface area contributed by atoms with Gasteiger partial charge in [0.05, 0.1) is 12.3 Å². The van der Waals surface area contributed by atoms with Crippen LogP contribution >= 0.6 is 0 Å². The number of hydrogen-bond donors (Lipinski definition) is 0. The van der Waals surface area contributed by atoms with E-state index in [0.717, 1.165) is 53.8 Å². The molecule has 7 nitrogen and oxygen atoms in total. The third-order valence-electron chi connectivity index (χ3n) is 7.09. The normalized spacial score (nSPS) is 14.7. The third kappa shape index (κ3) is 6.07. The second kappa shape index (κ2) is 13.1. The fraction of sp³-hybridized carbons (Fsp3) is 0.333. The number of aromatic nitrogens is 2. The first-order valence-corrected chi connectivity index (χ1v) is 14.0. The Morgan fingerprint density at radius 1 is 0.975 bits per heavy atom. The lowest BCUT2D eigenvalue weighted by molar-refractivity contribution is -0.140. The van der Waals surface area contributed by atoms with Crippen LogP contribution in [0.4, 0.5) is 0 Å². The van der Waals surface area contributed by atoms with Gasteiger partial charge in [-0.1, -0.05) is 51.3 Å². The van der Waals surface area contributed by atoms with Gasteiger partial charge in [-0.25, -0.2) is 4.68 Å². The highest BCUT2D eigenvalue weighted by molar-refractivity contribution is 6.19. The van der Waals surface area contributed by atoms with Crippen molar-refractivity contribution in [1.82, 2.24) is 14.7 Å². The number of amides is 2. The molecule has 0 fully saturated rings. The summed E-state index contributed by atoms with van der Waals surface area (Å²) >= 11 is 0. The molecule has 0 bridgehead atoms. The molecule has 3 aromatic rings. The lowest BCUT2D eigenvalue weighted by Crippen LogP contribution is -2.43. The zero-order chi connectivity index (χ0) is 28.6. The first-order chi connectivity index (χ1) is 19.4. The van der Waals surface area contributed by atoms with Crippen LogP contribution in [0.3, 0.4) is 0 Å². The van der Waals surface area contributed by atoms with Crippen molar-refractivity contribution in [1.29, 1.82) is 5.26 Å². The fourth-order valence-corrected chi connectivity index (χ4v) is 4.75. The maximum absolute atomic E-state index is 13.6. The molecule has 0 saturated carbocycles. The quantitative estimate of drug-likeness (QED) is 0.153. The molecule has 1 aliphatic rings. The first-order valence-electron chi connectivity index (χ1n) is 14.0. The van der Waals surface area contributed by atoms with Crippen LogP contribution in [0.25, 0.3) is 23.0 Å². The molecule has 0 aliphatic carbocycles. The number of benzene rings is 2. The second-order valence-corrected chi connectivity index (χ2v) is 10.0. The zero-order valence-electron chi connectivity index (χ0n) is 23.7. The molecule has 40 heavy (non-hydrogen) atoms. The zero-order valence-corrected chi connectivity index (χ0v) is 23.7. The van der Waals surface area contributed by atoms with Crippen molar-refractivity contribution in [3.63, 3.8) is 0 Å². The topological polar surface area (TPSA) is 88.2 Å².